The first kappa shape index (κ1) is 19.4. The molecule has 0 aliphatic heterocycles. The number of carbonyl (C=O) groups is 1. The first-order chi connectivity index (χ1) is 12.5. The number of hydrogen-bond donors (Lipinski definition) is 1. The Hall–Kier alpha value is -2.40. The zero-order valence-corrected chi connectivity index (χ0v) is 16.5. The number of pyridine rings is 1. The lowest BCUT2D eigenvalue weighted by Crippen LogP contribution is -2.18. The summed E-state index contributed by atoms with van der Waals surface area (Å²) in [4.78, 5) is 24.5. The van der Waals surface area contributed by atoms with Crippen molar-refractivity contribution in [2.75, 3.05) is 17.8 Å². The largest absolute Gasteiger partial charge is 0.325 e. The van der Waals surface area contributed by atoms with Gasteiger partial charge in [0.15, 0.2) is 24.7 Å². The second kappa shape index (κ2) is 6.64. The summed E-state index contributed by atoms with van der Waals surface area (Å²) in [6, 6.07) is 2.81. The summed E-state index contributed by atoms with van der Waals surface area (Å²) in [5.74, 6) is -0.414. The summed E-state index contributed by atoms with van der Waals surface area (Å²) >= 11 is 0. The van der Waals surface area contributed by atoms with E-state index in [1.54, 1.807) is 12.3 Å². The van der Waals surface area contributed by atoms with E-state index in [1.165, 1.54) is 0 Å². The van der Waals surface area contributed by atoms with Crippen LogP contribution in [-0.4, -0.2) is 50.2 Å². The number of hydrogen-bond acceptors (Lipinski definition) is 8. The van der Waals surface area contributed by atoms with Crippen molar-refractivity contribution in [3.8, 4) is 0 Å². The molecule has 1 saturated carbocycles. The van der Waals surface area contributed by atoms with Gasteiger partial charge < -0.3 is 5.32 Å². The van der Waals surface area contributed by atoms with Crippen molar-refractivity contribution < 1.29 is 21.6 Å². The van der Waals surface area contributed by atoms with Gasteiger partial charge in [0, 0.05) is 48.5 Å². The number of anilines is 1. The molecule has 2 aromatic rings. The fourth-order valence-electron chi connectivity index (χ4n) is 2.66. The van der Waals surface area contributed by atoms with Crippen LogP contribution < -0.4 is 5.32 Å². The van der Waals surface area contributed by atoms with Crippen LogP contribution in [0, 0.1) is 12.8 Å². The third-order valence-electron chi connectivity index (χ3n) is 4.15. The minimum Gasteiger partial charge on any atom is -0.325 e. The van der Waals surface area contributed by atoms with Crippen LogP contribution >= 0.6 is 0 Å². The Morgan fingerprint density at radius 3 is 2.44 bits per heavy atom. The molecule has 144 valence electrons. The zero-order chi connectivity index (χ0) is 20.0. The number of amides is 1. The van der Waals surface area contributed by atoms with Gasteiger partial charge in [0.1, 0.15) is 10.7 Å². The van der Waals surface area contributed by atoms with E-state index in [4.69, 9.17) is 0 Å². The van der Waals surface area contributed by atoms with Crippen molar-refractivity contribution in [3.05, 3.63) is 36.0 Å². The Morgan fingerprint density at radius 2 is 1.85 bits per heavy atom. The van der Waals surface area contributed by atoms with Gasteiger partial charge >= 0.3 is 0 Å². The van der Waals surface area contributed by atoms with Crippen molar-refractivity contribution in [1.29, 1.82) is 0 Å². The second-order valence-electron chi connectivity index (χ2n) is 6.56. The Balaban J connectivity index is 1.87. The van der Waals surface area contributed by atoms with Crippen LogP contribution in [0.2, 0.25) is 0 Å². The molecule has 1 aliphatic rings. The van der Waals surface area contributed by atoms with Gasteiger partial charge in [-0.15, -0.1) is 0 Å². The van der Waals surface area contributed by atoms with Gasteiger partial charge in [0.05, 0.1) is 5.69 Å². The van der Waals surface area contributed by atoms with E-state index >= 15 is 0 Å². The first-order valence-corrected chi connectivity index (χ1v) is 11.8. The average Bonchev–Trinajstić information content (AvgIpc) is 3.33. The van der Waals surface area contributed by atoms with Crippen molar-refractivity contribution in [1.82, 2.24) is 15.0 Å². The highest BCUT2D eigenvalue weighted by molar-refractivity contribution is 7.91. The summed E-state index contributed by atoms with van der Waals surface area (Å²) in [5, 5.41) is 2.21. The molecular weight excluding hydrogens is 392 g/mol. The third kappa shape index (κ3) is 4.30. The molecule has 0 aromatic carbocycles. The van der Waals surface area contributed by atoms with Crippen molar-refractivity contribution in [2.45, 2.75) is 29.2 Å². The summed E-state index contributed by atoms with van der Waals surface area (Å²) < 4.78 is 47.3. The van der Waals surface area contributed by atoms with Crippen molar-refractivity contribution in [3.63, 3.8) is 0 Å². The van der Waals surface area contributed by atoms with Gasteiger partial charge in [0.25, 0.3) is 0 Å². The molecule has 1 amide bonds. The Morgan fingerprint density at radius 1 is 1.15 bits per heavy atom. The molecule has 0 spiro atoms. The lowest BCUT2D eigenvalue weighted by molar-refractivity contribution is -0.117. The lowest BCUT2D eigenvalue weighted by Gasteiger charge is -2.11. The minimum absolute atomic E-state index is 0.103. The van der Waals surface area contributed by atoms with E-state index < -0.39 is 31.5 Å². The molecule has 1 aliphatic carbocycles. The molecule has 1 N–H and O–H groups in total. The third-order valence-corrected chi connectivity index (χ3v) is 6.26. The summed E-state index contributed by atoms with van der Waals surface area (Å²) in [6.45, 7) is 1.82. The number of nitrogens with one attached hydrogen (secondary N) is 1. The van der Waals surface area contributed by atoms with Gasteiger partial charge in [-0.1, -0.05) is 0 Å². The monoisotopic (exact) mass is 410 g/mol. The summed E-state index contributed by atoms with van der Waals surface area (Å²) in [6.07, 6.45) is 5.00. The molecule has 3 rings (SSSR count). The first-order valence-electron chi connectivity index (χ1n) is 7.97. The van der Waals surface area contributed by atoms with Gasteiger partial charge in [-0.2, -0.15) is 0 Å². The zero-order valence-electron chi connectivity index (χ0n) is 14.9. The van der Waals surface area contributed by atoms with Crippen LogP contribution in [0.3, 0.4) is 0 Å². The highest BCUT2D eigenvalue weighted by Gasteiger charge is 2.46. The van der Waals surface area contributed by atoms with E-state index in [1.807, 2.05) is 6.92 Å². The van der Waals surface area contributed by atoms with E-state index in [9.17, 15) is 21.6 Å². The number of nitrogens with zero attached hydrogens (tertiary/aromatic N) is 3. The predicted octanol–water partition coefficient (Wildman–Crippen LogP) is 0.729. The Labute approximate surface area is 157 Å². The smallest absolute Gasteiger partial charge is 0.228 e. The summed E-state index contributed by atoms with van der Waals surface area (Å²) in [7, 11) is -7.38. The van der Waals surface area contributed by atoms with Crippen LogP contribution in [0.5, 0.6) is 0 Å². The molecule has 27 heavy (non-hydrogen) atoms. The molecule has 11 heteroatoms. The standard InChI is InChI=1S/C16H18N4O5S2/c1-9-4-5-17-15(19-9)10-6-11(10)16(21)20-12-7-14(27(3,24)25)18-8-13(12)26(2,22)23/h4-5,7-8,10-11H,6H2,1-3H3,(H,18,20,21)/t10-,11-/m0/s1. The van der Waals surface area contributed by atoms with Gasteiger partial charge in [-0.25, -0.2) is 31.8 Å². The summed E-state index contributed by atoms with van der Waals surface area (Å²) in [5.41, 5.74) is 0.686. The highest BCUT2D eigenvalue weighted by atomic mass is 32.2. The number of aryl methyl sites for hydroxylation is 1. The molecule has 2 aromatic heterocycles. The van der Waals surface area contributed by atoms with Crippen LogP contribution in [0.1, 0.15) is 23.9 Å². The van der Waals surface area contributed by atoms with Crippen LogP contribution in [0.25, 0.3) is 0 Å². The SMILES string of the molecule is Cc1ccnc([C@H]2C[C@@H]2C(=O)Nc2cc(S(C)(=O)=O)ncc2S(C)(=O)=O)n1. The van der Waals surface area contributed by atoms with Gasteiger partial charge in [-0.05, 0) is 19.4 Å². The second-order valence-corrected chi connectivity index (χ2v) is 10.5. The molecular formula is C16H18N4O5S2. The topological polar surface area (TPSA) is 136 Å². The van der Waals surface area contributed by atoms with E-state index in [0.717, 1.165) is 30.5 Å². The van der Waals surface area contributed by atoms with E-state index in [0.29, 0.717) is 12.2 Å². The molecule has 0 saturated heterocycles. The fraction of sp³-hybridized carbons (Fsp3) is 0.375. The minimum atomic E-state index is -3.71. The fourth-order valence-corrected chi connectivity index (χ4v) is 3.99. The van der Waals surface area contributed by atoms with Crippen LogP contribution in [-0.2, 0) is 24.5 Å². The Bertz CT molecular complexity index is 1130. The predicted molar refractivity (Wildman–Crippen MR) is 96.7 cm³/mol. The molecule has 0 bridgehead atoms. The molecule has 1 fully saturated rings. The normalized spacial score (nSPS) is 19.5. The van der Waals surface area contributed by atoms with Gasteiger partial charge in [0.2, 0.25) is 5.91 Å². The number of sulfone groups is 2. The lowest BCUT2D eigenvalue weighted by atomic mass is 10.2. The average molecular weight is 410 g/mol. The maximum atomic E-state index is 12.6. The van der Waals surface area contributed by atoms with E-state index in [-0.39, 0.29) is 21.5 Å². The Kier molecular flexibility index (Phi) is 4.76. The molecule has 0 unspecified atom stereocenters. The molecule has 0 radical (unpaired) electrons. The van der Waals surface area contributed by atoms with Crippen molar-refractivity contribution in [2.24, 2.45) is 5.92 Å². The number of aromatic nitrogens is 3. The maximum Gasteiger partial charge on any atom is 0.228 e. The van der Waals surface area contributed by atoms with Crippen LogP contribution in [0.4, 0.5) is 5.69 Å². The number of rotatable bonds is 5. The molecule has 2 heterocycles. The molecule has 2 atom stereocenters. The maximum absolute atomic E-state index is 12.6. The van der Waals surface area contributed by atoms with Gasteiger partial charge in [-0.3, -0.25) is 4.79 Å². The van der Waals surface area contributed by atoms with E-state index in [2.05, 4.69) is 20.3 Å². The quantitative estimate of drug-likeness (QED) is 0.762. The van der Waals surface area contributed by atoms with Crippen LogP contribution in [0.15, 0.2) is 34.4 Å². The highest BCUT2D eigenvalue weighted by Crippen LogP contribution is 2.46. The van der Waals surface area contributed by atoms with Crippen molar-refractivity contribution >= 4 is 31.3 Å². The molecule has 9 nitrogen and oxygen atoms in total. The number of carbonyl (C=O) groups excluding carboxylic acids is 1.